The number of ether oxygens (including phenoxy) is 1. The van der Waals surface area contributed by atoms with Gasteiger partial charge < -0.3 is 9.84 Å². The molecule has 2 rings (SSSR count). The number of hydrogen-bond donors (Lipinski definition) is 1. The minimum absolute atomic E-state index is 0.236. The van der Waals surface area contributed by atoms with Crippen LogP contribution >= 0.6 is 15.9 Å². The predicted octanol–water partition coefficient (Wildman–Crippen LogP) is 3.12. The average molecular weight is 313 g/mol. The monoisotopic (exact) mass is 312 g/mol. The quantitative estimate of drug-likeness (QED) is 0.929. The van der Waals surface area contributed by atoms with E-state index in [9.17, 15) is 9.90 Å². The normalized spacial score (nSPS) is 18.5. The summed E-state index contributed by atoms with van der Waals surface area (Å²) in [7, 11) is 0. The van der Waals surface area contributed by atoms with Crippen molar-refractivity contribution in [3.05, 3.63) is 34.3 Å². The number of carboxylic acid groups (broad SMARTS) is 1. The lowest BCUT2D eigenvalue weighted by Gasteiger charge is -2.27. The van der Waals surface area contributed by atoms with Gasteiger partial charge >= 0.3 is 5.97 Å². The second kappa shape index (κ2) is 6.34. The molecule has 1 N–H and O–H groups in total. The molecule has 3 nitrogen and oxygen atoms in total. The van der Waals surface area contributed by atoms with Gasteiger partial charge in [0.1, 0.15) is 0 Å². The molecule has 0 aromatic heterocycles. The number of carboxylic acids is 1. The number of benzene rings is 1. The zero-order valence-corrected chi connectivity index (χ0v) is 11.7. The number of rotatable bonds is 4. The molecule has 0 radical (unpaired) electrons. The second-order valence-electron chi connectivity index (χ2n) is 4.73. The van der Waals surface area contributed by atoms with Crippen LogP contribution in [0.25, 0.3) is 0 Å². The van der Waals surface area contributed by atoms with E-state index in [1.165, 1.54) is 0 Å². The molecule has 1 aliphatic rings. The first-order chi connectivity index (χ1) is 8.66. The zero-order chi connectivity index (χ0) is 13.0. The van der Waals surface area contributed by atoms with Gasteiger partial charge in [0.05, 0.1) is 5.92 Å². The average Bonchev–Trinajstić information content (AvgIpc) is 2.38. The Morgan fingerprint density at radius 1 is 1.33 bits per heavy atom. The van der Waals surface area contributed by atoms with Gasteiger partial charge in [-0.15, -0.1) is 0 Å². The van der Waals surface area contributed by atoms with Crippen molar-refractivity contribution in [2.45, 2.75) is 19.3 Å². The Kier molecular flexibility index (Phi) is 4.78. The Balaban J connectivity index is 2.05. The predicted molar refractivity (Wildman–Crippen MR) is 72.5 cm³/mol. The molecule has 1 aromatic carbocycles. The Morgan fingerprint density at radius 3 is 2.50 bits per heavy atom. The molecule has 1 unspecified atom stereocenters. The highest BCUT2D eigenvalue weighted by molar-refractivity contribution is 9.10. The zero-order valence-electron chi connectivity index (χ0n) is 10.1. The van der Waals surface area contributed by atoms with Crippen LogP contribution in [0, 0.1) is 11.8 Å². The molecular formula is C14H17BrO3. The summed E-state index contributed by atoms with van der Waals surface area (Å²) in [6.45, 7) is 1.38. The van der Waals surface area contributed by atoms with Crippen LogP contribution in [-0.4, -0.2) is 24.3 Å². The van der Waals surface area contributed by atoms with E-state index in [-0.39, 0.29) is 11.8 Å². The maximum absolute atomic E-state index is 11.4. The van der Waals surface area contributed by atoms with Gasteiger partial charge in [-0.25, -0.2) is 0 Å². The molecule has 0 spiro atoms. The van der Waals surface area contributed by atoms with E-state index in [1.54, 1.807) is 0 Å². The van der Waals surface area contributed by atoms with E-state index in [0.29, 0.717) is 19.6 Å². The van der Waals surface area contributed by atoms with Crippen molar-refractivity contribution in [3.63, 3.8) is 0 Å². The van der Waals surface area contributed by atoms with E-state index < -0.39 is 5.97 Å². The lowest BCUT2D eigenvalue weighted by atomic mass is 9.82. The molecule has 1 saturated heterocycles. The first-order valence-corrected chi connectivity index (χ1v) is 7.01. The van der Waals surface area contributed by atoms with Gasteiger partial charge in [-0.05, 0) is 42.9 Å². The molecule has 1 fully saturated rings. The molecule has 0 amide bonds. The maximum atomic E-state index is 11.4. The Labute approximate surface area is 115 Å². The Morgan fingerprint density at radius 2 is 1.94 bits per heavy atom. The number of halogens is 1. The molecule has 1 aromatic rings. The highest BCUT2D eigenvalue weighted by Crippen LogP contribution is 2.27. The molecule has 1 aliphatic heterocycles. The van der Waals surface area contributed by atoms with Crippen LogP contribution in [0.1, 0.15) is 18.4 Å². The maximum Gasteiger partial charge on any atom is 0.307 e. The van der Waals surface area contributed by atoms with Gasteiger partial charge in [0.15, 0.2) is 0 Å². The van der Waals surface area contributed by atoms with E-state index >= 15 is 0 Å². The van der Waals surface area contributed by atoms with Gasteiger partial charge in [-0.2, -0.15) is 0 Å². The van der Waals surface area contributed by atoms with Crippen molar-refractivity contribution in [2.24, 2.45) is 11.8 Å². The molecular weight excluding hydrogens is 296 g/mol. The fourth-order valence-corrected chi connectivity index (χ4v) is 2.71. The van der Waals surface area contributed by atoms with Crippen molar-refractivity contribution in [1.29, 1.82) is 0 Å². The fraction of sp³-hybridized carbons (Fsp3) is 0.500. The van der Waals surface area contributed by atoms with Crippen LogP contribution in [0.5, 0.6) is 0 Å². The highest BCUT2D eigenvalue weighted by Gasteiger charge is 2.29. The summed E-state index contributed by atoms with van der Waals surface area (Å²) in [5.41, 5.74) is 1.08. The smallest absolute Gasteiger partial charge is 0.307 e. The Hall–Kier alpha value is -0.870. The van der Waals surface area contributed by atoms with Crippen LogP contribution in [0.2, 0.25) is 0 Å². The van der Waals surface area contributed by atoms with Crippen LogP contribution in [-0.2, 0) is 16.0 Å². The Bertz CT molecular complexity index is 396. The summed E-state index contributed by atoms with van der Waals surface area (Å²) < 4.78 is 6.31. The van der Waals surface area contributed by atoms with Gasteiger partial charge in [0, 0.05) is 17.7 Å². The molecule has 18 heavy (non-hydrogen) atoms. The lowest BCUT2D eigenvalue weighted by Crippen LogP contribution is -2.30. The van der Waals surface area contributed by atoms with Crippen LogP contribution in [0.4, 0.5) is 0 Å². The van der Waals surface area contributed by atoms with Crippen molar-refractivity contribution >= 4 is 21.9 Å². The lowest BCUT2D eigenvalue weighted by molar-refractivity contribution is -0.145. The number of aliphatic carboxylic acids is 1. The topological polar surface area (TPSA) is 46.5 Å². The first-order valence-electron chi connectivity index (χ1n) is 6.22. The van der Waals surface area contributed by atoms with Crippen molar-refractivity contribution < 1.29 is 14.6 Å². The van der Waals surface area contributed by atoms with Gasteiger partial charge in [-0.1, -0.05) is 28.1 Å². The molecule has 0 saturated carbocycles. The van der Waals surface area contributed by atoms with Crippen LogP contribution < -0.4 is 0 Å². The van der Waals surface area contributed by atoms with E-state index in [0.717, 1.165) is 22.9 Å². The summed E-state index contributed by atoms with van der Waals surface area (Å²) >= 11 is 3.38. The summed E-state index contributed by atoms with van der Waals surface area (Å²) in [6.07, 6.45) is 2.31. The first kappa shape index (κ1) is 13.6. The van der Waals surface area contributed by atoms with Crippen LogP contribution in [0.3, 0.4) is 0 Å². The molecule has 1 heterocycles. The van der Waals surface area contributed by atoms with E-state index in [1.807, 2.05) is 24.3 Å². The third-order valence-corrected chi connectivity index (χ3v) is 4.05. The minimum atomic E-state index is -0.690. The minimum Gasteiger partial charge on any atom is -0.481 e. The molecule has 4 heteroatoms. The third-order valence-electron chi connectivity index (χ3n) is 3.52. The standard InChI is InChI=1S/C14H17BrO3/c15-12-3-1-10(2-4-12)9-13(14(16)17)11-5-7-18-8-6-11/h1-4,11,13H,5-9H2,(H,16,17). The summed E-state index contributed by atoms with van der Waals surface area (Å²) in [4.78, 5) is 11.4. The van der Waals surface area contributed by atoms with Crippen molar-refractivity contribution in [2.75, 3.05) is 13.2 Å². The summed E-state index contributed by atoms with van der Waals surface area (Å²) in [6, 6.07) is 7.88. The van der Waals surface area contributed by atoms with Crippen molar-refractivity contribution in [3.8, 4) is 0 Å². The molecule has 98 valence electrons. The van der Waals surface area contributed by atoms with Crippen LogP contribution in [0.15, 0.2) is 28.7 Å². The van der Waals surface area contributed by atoms with Gasteiger partial charge in [0.2, 0.25) is 0 Å². The van der Waals surface area contributed by atoms with E-state index in [4.69, 9.17) is 4.74 Å². The largest absolute Gasteiger partial charge is 0.481 e. The van der Waals surface area contributed by atoms with Gasteiger partial charge in [0.25, 0.3) is 0 Å². The van der Waals surface area contributed by atoms with E-state index in [2.05, 4.69) is 15.9 Å². The summed E-state index contributed by atoms with van der Waals surface area (Å²) in [5.74, 6) is -0.750. The molecule has 0 bridgehead atoms. The van der Waals surface area contributed by atoms with Gasteiger partial charge in [-0.3, -0.25) is 4.79 Å². The molecule has 1 atom stereocenters. The highest BCUT2D eigenvalue weighted by atomic mass is 79.9. The fourth-order valence-electron chi connectivity index (χ4n) is 2.45. The van der Waals surface area contributed by atoms with Crippen molar-refractivity contribution in [1.82, 2.24) is 0 Å². The SMILES string of the molecule is O=C(O)C(Cc1ccc(Br)cc1)C1CCOCC1. The second-order valence-corrected chi connectivity index (χ2v) is 5.64. The third kappa shape index (κ3) is 3.56. The molecule has 0 aliphatic carbocycles. The number of carbonyl (C=O) groups is 1. The number of hydrogen-bond acceptors (Lipinski definition) is 2. The summed E-state index contributed by atoms with van der Waals surface area (Å²) in [5, 5.41) is 9.39.